The quantitative estimate of drug-likeness (QED) is 0.603. The van der Waals surface area contributed by atoms with E-state index in [9.17, 15) is 17.6 Å². The van der Waals surface area contributed by atoms with Gasteiger partial charge in [-0.2, -0.15) is 13.2 Å². The SMILES string of the molecule is Fc1cc(C2CCON2c2cc(Cl)ncn2)cc(C(F)(F)F)c1. The molecule has 1 aliphatic rings. The van der Waals surface area contributed by atoms with Crippen LogP contribution in [0, 0.1) is 5.82 Å². The third-order valence-corrected chi connectivity index (χ3v) is 3.59. The molecule has 1 aromatic heterocycles. The highest BCUT2D eigenvalue weighted by Crippen LogP contribution is 2.37. The molecule has 2 aromatic rings. The van der Waals surface area contributed by atoms with Crippen LogP contribution in [0.25, 0.3) is 0 Å². The van der Waals surface area contributed by atoms with Crippen LogP contribution < -0.4 is 5.06 Å². The molecule has 4 nitrogen and oxygen atoms in total. The van der Waals surface area contributed by atoms with E-state index in [2.05, 4.69) is 9.97 Å². The van der Waals surface area contributed by atoms with Crippen LogP contribution in [-0.4, -0.2) is 16.6 Å². The third kappa shape index (κ3) is 3.37. The molecule has 3 rings (SSSR count). The molecule has 0 aliphatic carbocycles. The summed E-state index contributed by atoms with van der Waals surface area (Å²) in [7, 11) is 0. The summed E-state index contributed by atoms with van der Waals surface area (Å²) in [4.78, 5) is 13.1. The lowest BCUT2D eigenvalue weighted by atomic mass is 10.0. The van der Waals surface area contributed by atoms with Crippen molar-refractivity contribution in [3.63, 3.8) is 0 Å². The van der Waals surface area contributed by atoms with Crippen molar-refractivity contribution in [1.82, 2.24) is 9.97 Å². The number of halogens is 5. The molecule has 2 heterocycles. The molecular formula is C14H10ClF4N3O. The highest BCUT2D eigenvalue weighted by molar-refractivity contribution is 6.29. The maximum Gasteiger partial charge on any atom is 0.416 e. The molecule has 0 bridgehead atoms. The molecule has 1 fully saturated rings. The fraction of sp³-hybridized carbons (Fsp3) is 0.286. The molecule has 1 atom stereocenters. The first-order chi connectivity index (χ1) is 10.8. The number of nitrogens with zero attached hydrogens (tertiary/aromatic N) is 3. The van der Waals surface area contributed by atoms with Crippen molar-refractivity contribution in [2.24, 2.45) is 0 Å². The Labute approximate surface area is 133 Å². The highest BCUT2D eigenvalue weighted by atomic mass is 35.5. The lowest BCUT2D eigenvalue weighted by Gasteiger charge is -2.24. The Morgan fingerprint density at radius 2 is 1.96 bits per heavy atom. The van der Waals surface area contributed by atoms with Crippen molar-refractivity contribution in [2.45, 2.75) is 18.6 Å². The van der Waals surface area contributed by atoms with Gasteiger partial charge in [0.05, 0.1) is 18.2 Å². The normalized spacial score (nSPS) is 18.5. The number of rotatable bonds is 2. The van der Waals surface area contributed by atoms with E-state index < -0.39 is 23.6 Å². The molecular weight excluding hydrogens is 338 g/mol. The molecule has 1 unspecified atom stereocenters. The van der Waals surface area contributed by atoms with Crippen LogP contribution in [0.15, 0.2) is 30.6 Å². The van der Waals surface area contributed by atoms with Crippen LogP contribution in [0.4, 0.5) is 23.4 Å². The van der Waals surface area contributed by atoms with Crippen molar-refractivity contribution in [3.8, 4) is 0 Å². The van der Waals surface area contributed by atoms with E-state index >= 15 is 0 Å². The molecule has 0 N–H and O–H groups in total. The van der Waals surface area contributed by atoms with Gasteiger partial charge in [-0.15, -0.1) is 0 Å². The number of aromatic nitrogens is 2. The van der Waals surface area contributed by atoms with Crippen LogP contribution in [0.2, 0.25) is 5.15 Å². The minimum absolute atomic E-state index is 0.157. The van der Waals surface area contributed by atoms with E-state index in [0.717, 1.165) is 12.1 Å². The summed E-state index contributed by atoms with van der Waals surface area (Å²) in [6, 6.07) is 3.26. The summed E-state index contributed by atoms with van der Waals surface area (Å²) >= 11 is 5.79. The predicted octanol–water partition coefficient (Wildman–Crippen LogP) is 4.17. The van der Waals surface area contributed by atoms with E-state index in [1.165, 1.54) is 17.5 Å². The zero-order chi connectivity index (χ0) is 16.6. The summed E-state index contributed by atoms with van der Waals surface area (Å²) in [5.74, 6) is -0.660. The number of benzene rings is 1. The maximum atomic E-state index is 13.6. The molecule has 1 aliphatic heterocycles. The van der Waals surface area contributed by atoms with Crippen molar-refractivity contribution in [3.05, 3.63) is 52.7 Å². The number of hydroxylamine groups is 1. The fourth-order valence-electron chi connectivity index (χ4n) is 2.41. The van der Waals surface area contributed by atoms with Gasteiger partial charge >= 0.3 is 6.18 Å². The zero-order valence-electron chi connectivity index (χ0n) is 11.5. The Morgan fingerprint density at radius 1 is 1.17 bits per heavy atom. The van der Waals surface area contributed by atoms with E-state index in [1.54, 1.807) is 0 Å². The van der Waals surface area contributed by atoms with Crippen LogP contribution >= 0.6 is 11.6 Å². The van der Waals surface area contributed by atoms with E-state index in [1.807, 2.05) is 0 Å². The van der Waals surface area contributed by atoms with Crippen LogP contribution in [0.1, 0.15) is 23.6 Å². The van der Waals surface area contributed by atoms with Gasteiger partial charge in [-0.25, -0.2) is 19.4 Å². The van der Waals surface area contributed by atoms with Gasteiger partial charge in [-0.05, 0) is 23.8 Å². The topological polar surface area (TPSA) is 38.2 Å². The second-order valence-electron chi connectivity index (χ2n) is 4.93. The first kappa shape index (κ1) is 15.9. The smallest absolute Gasteiger partial charge is 0.271 e. The van der Waals surface area contributed by atoms with E-state index in [4.69, 9.17) is 16.4 Å². The average Bonchev–Trinajstić information content (AvgIpc) is 2.95. The zero-order valence-corrected chi connectivity index (χ0v) is 12.3. The maximum absolute atomic E-state index is 13.6. The lowest BCUT2D eigenvalue weighted by molar-refractivity contribution is -0.137. The van der Waals surface area contributed by atoms with Crippen LogP contribution in [0.3, 0.4) is 0 Å². The first-order valence-corrected chi connectivity index (χ1v) is 7.00. The average molecular weight is 348 g/mol. The first-order valence-electron chi connectivity index (χ1n) is 6.62. The lowest BCUT2D eigenvalue weighted by Crippen LogP contribution is -2.23. The third-order valence-electron chi connectivity index (χ3n) is 3.38. The van der Waals surface area contributed by atoms with Gasteiger partial charge in [0.15, 0.2) is 5.82 Å². The Bertz CT molecular complexity index is 725. The predicted molar refractivity (Wildman–Crippen MR) is 74.2 cm³/mol. The van der Waals surface area contributed by atoms with Crippen molar-refractivity contribution < 1.29 is 22.4 Å². The monoisotopic (exact) mass is 347 g/mol. The van der Waals surface area contributed by atoms with Crippen LogP contribution in [0.5, 0.6) is 0 Å². The Balaban J connectivity index is 1.99. The number of hydrogen-bond donors (Lipinski definition) is 0. The van der Waals surface area contributed by atoms with Crippen LogP contribution in [-0.2, 0) is 11.0 Å². The summed E-state index contributed by atoms with van der Waals surface area (Å²) in [5.41, 5.74) is -0.885. The van der Waals surface area contributed by atoms with E-state index in [-0.39, 0.29) is 17.3 Å². The molecule has 1 saturated heterocycles. The van der Waals surface area contributed by atoms with Crippen molar-refractivity contribution in [1.29, 1.82) is 0 Å². The summed E-state index contributed by atoms with van der Waals surface area (Å²) in [5, 5.41) is 1.49. The molecule has 0 saturated carbocycles. The van der Waals surface area contributed by atoms with Gasteiger partial charge < -0.3 is 0 Å². The fourth-order valence-corrected chi connectivity index (χ4v) is 2.55. The Hall–Kier alpha value is -1.93. The summed E-state index contributed by atoms with van der Waals surface area (Å²) < 4.78 is 52.2. The number of hydrogen-bond acceptors (Lipinski definition) is 4. The second kappa shape index (κ2) is 5.93. The minimum Gasteiger partial charge on any atom is -0.271 e. The van der Waals surface area contributed by atoms with Gasteiger partial charge in [0.1, 0.15) is 17.3 Å². The van der Waals surface area contributed by atoms with Crippen molar-refractivity contribution >= 4 is 17.4 Å². The molecule has 0 radical (unpaired) electrons. The molecule has 122 valence electrons. The van der Waals surface area contributed by atoms with Gasteiger partial charge in [0.25, 0.3) is 0 Å². The summed E-state index contributed by atoms with van der Waals surface area (Å²) in [6.45, 7) is 0.268. The molecule has 9 heteroatoms. The minimum atomic E-state index is -4.63. The second-order valence-corrected chi connectivity index (χ2v) is 5.32. The van der Waals surface area contributed by atoms with Gasteiger partial charge in [0, 0.05) is 12.5 Å². The number of alkyl halides is 3. The summed E-state index contributed by atoms with van der Waals surface area (Å²) in [6.07, 6.45) is -3.02. The standard InChI is InChI=1S/C14H10ClF4N3O/c15-12-6-13(21-7-20-12)22-11(1-2-23-22)8-3-9(14(17,18)19)5-10(16)4-8/h3-7,11H,1-2H2. The Morgan fingerprint density at radius 3 is 2.65 bits per heavy atom. The molecule has 0 spiro atoms. The molecule has 1 aromatic carbocycles. The Kier molecular flexibility index (Phi) is 4.11. The largest absolute Gasteiger partial charge is 0.416 e. The van der Waals surface area contributed by atoms with Gasteiger partial charge in [0.2, 0.25) is 0 Å². The van der Waals surface area contributed by atoms with Crippen molar-refractivity contribution in [2.75, 3.05) is 11.7 Å². The molecule has 23 heavy (non-hydrogen) atoms. The van der Waals surface area contributed by atoms with Gasteiger partial charge in [-0.1, -0.05) is 11.6 Å². The molecule has 0 amide bonds. The number of anilines is 1. The van der Waals surface area contributed by atoms with E-state index in [0.29, 0.717) is 18.3 Å². The van der Waals surface area contributed by atoms with Gasteiger partial charge in [-0.3, -0.25) is 4.84 Å². The highest BCUT2D eigenvalue weighted by Gasteiger charge is 2.35.